The predicted octanol–water partition coefficient (Wildman–Crippen LogP) is -0.567. The van der Waals surface area contributed by atoms with Gasteiger partial charge in [-0.25, -0.2) is 10.3 Å². The SMILES string of the molecule is C[C@H]1C[C@H](O)[C@@H](C)/C=C/C=C/C=C/C=C/C=C/C=C/C=C/[C@H](O[C@@H]2OC[C@@H](O)[C@H](N)[C@@H]2O)C[C@@H]2O[C@](O)(C[C@@H](O)C[C@@H](O)[C@H](O)CC[C@@H](O)C[C@@H](O)CC(=O)O1)C[C@H](O)[C@H]2NC(=O)NO. The van der Waals surface area contributed by atoms with Crippen LogP contribution in [0.15, 0.2) is 85.1 Å². The number of aliphatic hydroxyl groups excluding tert-OH is 9. The first-order valence-electron chi connectivity index (χ1n) is 21.9. The number of fused-ring (bicyclic) bond motifs is 2. The number of nitrogens with one attached hydrogen (secondary N) is 2. The van der Waals surface area contributed by atoms with E-state index in [0.717, 1.165) is 0 Å². The van der Waals surface area contributed by atoms with E-state index >= 15 is 0 Å². The summed E-state index contributed by atoms with van der Waals surface area (Å²) in [5, 5.41) is 119. The lowest BCUT2D eigenvalue weighted by Crippen LogP contribution is -2.63. The number of amides is 2. The molecule has 0 aliphatic carbocycles. The lowest BCUT2D eigenvalue weighted by molar-refractivity contribution is -0.299. The van der Waals surface area contributed by atoms with E-state index in [9.17, 15) is 65.9 Å². The molecule has 20 nitrogen and oxygen atoms in total. The molecule has 0 unspecified atom stereocenters. The van der Waals surface area contributed by atoms with Crippen molar-refractivity contribution in [2.24, 2.45) is 11.7 Å². The summed E-state index contributed by atoms with van der Waals surface area (Å²) in [7, 11) is 0. The highest BCUT2D eigenvalue weighted by Crippen LogP contribution is 2.35. The number of carbonyl (C=O) groups excluding carboxylic acids is 2. The first-order valence-corrected chi connectivity index (χ1v) is 21.9. The lowest BCUT2D eigenvalue weighted by Gasteiger charge is -2.46. The Morgan fingerprint density at radius 3 is 1.92 bits per heavy atom. The fourth-order valence-corrected chi connectivity index (χ4v) is 7.54. The van der Waals surface area contributed by atoms with Gasteiger partial charge in [0.1, 0.15) is 12.2 Å². The molecule has 2 amide bonds. The molecule has 3 aliphatic heterocycles. The van der Waals surface area contributed by atoms with Crippen molar-refractivity contribution in [2.45, 2.75) is 169 Å². The zero-order chi connectivity index (χ0) is 48.1. The molecule has 0 saturated carbocycles. The third-order valence-electron chi connectivity index (χ3n) is 11.2. The molecular weight excluding hydrogens is 854 g/mol. The zero-order valence-corrected chi connectivity index (χ0v) is 36.8. The van der Waals surface area contributed by atoms with E-state index in [-0.39, 0.29) is 44.6 Å². The molecule has 3 rings (SSSR count). The number of cyclic esters (lactones) is 1. The number of nitrogens with two attached hydrogens (primary N) is 1. The minimum atomic E-state index is -2.29. The number of hydrogen-bond donors (Lipinski definition) is 14. The number of esters is 1. The molecule has 2 saturated heterocycles. The minimum absolute atomic E-state index is 0.104. The van der Waals surface area contributed by atoms with Crippen LogP contribution in [0.25, 0.3) is 0 Å². The third-order valence-corrected chi connectivity index (χ3v) is 11.2. The highest BCUT2D eigenvalue weighted by atomic mass is 16.7. The van der Waals surface area contributed by atoms with Crippen molar-refractivity contribution in [1.29, 1.82) is 0 Å². The first kappa shape index (κ1) is 55.6. The Hall–Kier alpha value is -3.68. The summed E-state index contributed by atoms with van der Waals surface area (Å²) in [4.78, 5) is 24.7. The molecule has 0 aromatic carbocycles. The molecule has 0 radical (unpaired) electrons. The second-order valence-electron chi connectivity index (χ2n) is 16.9. The molecule has 0 spiro atoms. The fourth-order valence-electron chi connectivity index (χ4n) is 7.54. The van der Waals surface area contributed by atoms with Crippen molar-refractivity contribution < 1.29 is 84.8 Å². The average Bonchev–Trinajstić information content (AvgIpc) is 3.23. The summed E-state index contributed by atoms with van der Waals surface area (Å²) >= 11 is 0. The Balaban J connectivity index is 1.86. The molecular formula is C45H71N3O17. The molecule has 2 bridgehead atoms. The summed E-state index contributed by atoms with van der Waals surface area (Å²) in [6.07, 6.45) is 5.20. The van der Waals surface area contributed by atoms with Gasteiger partial charge in [-0.3, -0.25) is 10.0 Å². The monoisotopic (exact) mass is 925 g/mol. The molecule has 0 aromatic heterocycles. The van der Waals surface area contributed by atoms with E-state index in [0.29, 0.717) is 0 Å². The minimum Gasteiger partial charge on any atom is -0.462 e. The van der Waals surface area contributed by atoms with E-state index in [2.05, 4.69) is 5.32 Å². The van der Waals surface area contributed by atoms with E-state index < -0.39 is 135 Å². The van der Waals surface area contributed by atoms with Crippen LogP contribution in [0.5, 0.6) is 0 Å². The Kier molecular flexibility index (Phi) is 24.4. The van der Waals surface area contributed by atoms with Gasteiger partial charge in [0, 0.05) is 38.0 Å². The Morgan fingerprint density at radius 2 is 1.31 bits per heavy atom. The van der Waals surface area contributed by atoms with Gasteiger partial charge in [-0.1, -0.05) is 92.0 Å². The zero-order valence-electron chi connectivity index (χ0n) is 36.8. The van der Waals surface area contributed by atoms with Crippen LogP contribution < -0.4 is 16.5 Å². The van der Waals surface area contributed by atoms with Gasteiger partial charge in [0.15, 0.2) is 12.1 Å². The number of aliphatic hydroxyl groups is 10. The second-order valence-corrected chi connectivity index (χ2v) is 16.9. The van der Waals surface area contributed by atoms with Gasteiger partial charge in [0.2, 0.25) is 0 Å². The summed E-state index contributed by atoms with van der Waals surface area (Å²) in [5.74, 6) is -3.28. The Morgan fingerprint density at radius 1 is 0.708 bits per heavy atom. The Bertz CT molecular complexity index is 1640. The van der Waals surface area contributed by atoms with Crippen molar-refractivity contribution >= 4 is 12.0 Å². The molecule has 15 N–H and O–H groups in total. The summed E-state index contributed by atoms with van der Waals surface area (Å²) in [6, 6.07) is -3.53. The third kappa shape index (κ3) is 20.4. The fraction of sp³-hybridized carbons (Fsp3) is 0.644. The molecule has 17 atom stereocenters. The van der Waals surface area contributed by atoms with Gasteiger partial charge in [-0.2, -0.15) is 0 Å². The average molecular weight is 926 g/mol. The molecule has 3 heterocycles. The predicted molar refractivity (Wildman–Crippen MR) is 234 cm³/mol. The van der Waals surface area contributed by atoms with Crippen LogP contribution in [0.3, 0.4) is 0 Å². The maximum atomic E-state index is 12.5. The number of rotatable bonds is 3. The number of hydroxylamine groups is 1. The van der Waals surface area contributed by atoms with Crippen molar-refractivity contribution in [3.05, 3.63) is 85.1 Å². The summed E-state index contributed by atoms with van der Waals surface area (Å²) in [6.45, 7) is 3.18. The number of carbonyl (C=O) groups is 2. The van der Waals surface area contributed by atoms with Crippen LogP contribution in [-0.2, 0) is 23.7 Å². The number of ether oxygens (including phenoxy) is 4. The topological polar surface area (TPSA) is 344 Å². The summed E-state index contributed by atoms with van der Waals surface area (Å²) in [5.41, 5.74) is 7.36. The van der Waals surface area contributed by atoms with E-state index in [1.165, 1.54) is 11.6 Å². The smallest absolute Gasteiger partial charge is 0.338 e. The Labute approximate surface area is 379 Å². The van der Waals surface area contributed by atoms with Crippen LogP contribution in [0.1, 0.15) is 71.6 Å². The molecule has 20 heteroatoms. The molecule has 0 aromatic rings. The van der Waals surface area contributed by atoms with Gasteiger partial charge < -0.3 is 81.1 Å². The maximum Gasteiger partial charge on any atom is 0.338 e. The largest absolute Gasteiger partial charge is 0.462 e. The standard InChI is InChI=1S/C45H71N3O17/c1-27-15-13-11-9-7-5-3-4-6-8-10-12-14-16-32(64-43-42(58)40(46)37(56)26-62-43)23-38-41(47-44(59)48-61)36(55)25-45(60,65-38)24-31(51)21-35(54)33(52)18-17-29(49)20-30(50)22-39(57)63-28(2)19-34(27)53/h3-16,27-38,40-43,49-56,58,60-61H,17-26,46H2,1-2H3,(H2,47,48,59)/b4-3+,7-5+,8-6+,11-9+,12-10+,15-13+,16-14+/t27-,28-,29+,30+,31-,32-,33+,34-,35+,36-,37+,38-,40-,41+,42-,43-,45+/m0/s1. The normalized spacial score (nSPS) is 43.1. The first-order chi connectivity index (χ1) is 30.8. The number of urea groups is 1. The van der Waals surface area contributed by atoms with Crippen LogP contribution in [0, 0.1) is 5.92 Å². The van der Waals surface area contributed by atoms with Crippen LogP contribution >= 0.6 is 0 Å². The number of allylic oxidation sites excluding steroid dienone is 12. The summed E-state index contributed by atoms with van der Waals surface area (Å²) < 4.78 is 23.0. The van der Waals surface area contributed by atoms with Crippen LogP contribution in [0.2, 0.25) is 0 Å². The van der Waals surface area contributed by atoms with Gasteiger partial charge >= 0.3 is 12.0 Å². The van der Waals surface area contributed by atoms with E-state index in [4.69, 9.17) is 24.7 Å². The highest BCUT2D eigenvalue weighted by Gasteiger charge is 2.48. The van der Waals surface area contributed by atoms with Gasteiger partial charge in [-0.15, -0.1) is 0 Å². The molecule has 3 aliphatic rings. The highest BCUT2D eigenvalue weighted by molar-refractivity contribution is 5.73. The van der Waals surface area contributed by atoms with Gasteiger partial charge in [0.05, 0.1) is 86.2 Å². The van der Waals surface area contributed by atoms with Crippen molar-refractivity contribution in [2.75, 3.05) is 6.61 Å². The van der Waals surface area contributed by atoms with Crippen LogP contribution in [0.4, 0.5) is 4.79 Å². The van der Waals surface area contributed by atoms with Gasteiger partial charge in [0.25, 0.3) is 0 Å². The van der Waals surface area contributed by atoms with E-state index in [1.54, 1.807) is 79.8 Å². The van der Waals surface area contributed by atoms with Gasteiger partial charge in [-0.05, 0) is 26.2 Å². The molecule has 368 valence electrons. The molecule has 2 fully saturated rings. The lowest BCUT2D eigenvalue weighted by atomic mass is 9.87. The van der Waals surface area contributed by atoms with E-state index in [1.807, 2.05) is 13.0 Å². The van der Waals surface area contributed by atoms with Crippen molar-refractivity contribution in [3.8, 4) is 0 Å². The quantitative estimate of drug-likeness (QED) is 0.0958. The van der Waals surface area contributed by atoms with Crippen molar-refractivity contribution in [1.82, 2.24) is 10.8 Å². The second kappa shape index (κ2) is 28.5. The van der Waals surface area contributed by atoms with Crippen molar-refractivity contribution in [3.63, 3.8) is 0 Å². The van der Waals surface area contributed by atoms with Crippen LogP contribution in [-0.4, -0.2) is 172 Å². The molecule has 65 heavy (non-hydrogen) atoms. The number of hydrogen-bond acceptors (Lipinski definition) is 18. The maximum absolute atomic E-state index is 12.5.